The lowest BCUT2D eigenvalue weighted by Crippen LogP contribution is -2.45. The van der Waals surface area contributed by atoms with E-state index in [-0.39, 0.29) is 12.0 Å². The van der Waals surface area contributed by atoms with Gasteiger partial charge in [-0.05, 0) is 27.7 Å². The molecule has 0 bridgehead atoms. The van der Waals surface area contributed by atoms with Gasteiger partial charge in [0.15, 0.2) is 0 Å². The minimum Gasteiger partial charge on any atom is -0.465 e. The Bertz CT molecular complexity index is 183. The highest BCUT2D eigenvalue weighted by Gasteiger charge is 2.24. The fourth-order valence-corrected chi connectivity index (χ4v) is 1.49. The van der Waals surface area contributed by atoms with Crippen LogP contribution >= 0.6 is 0 Å². The molecule has 1 unspecified atom stereocenters. The first-order valence-corrected chi connectivity index (χ1v) is 5.45. The first-order valence-electron chi connectivity index (χ1n) is 5.45. The molecule has 4 nitrogen and oxygen atoms in total. The van der Waals surface area contributed by atoms with Crippen LogP contribution in [0.1, 0.15) is 27.7 Å². The van der Waals surface area contributed by atoms with Gasteiger partial charge in [0.25, 0.3) is 0 Å². The van der Waals surface area contributed by atoms with Crippen molar-refractivity contribution in [1.82, 2.24) is 4.90 Å². The van der Waals surface area contributed by atoms with Gasteiger partial charge in [0.1, 0.15) is 6.04 Å². The Morgan fingerprint density at radius 2 is 1.93 bits per heavy atom. The molecule has 0 aromatic heterocycles. The number of nitrogens with zero attached hydrogens (tertiary/aromatic N) is 1. The number of hydrogen-bond donors (Lipinski definition) is 0. The highest BCUT2D eigenvalue weighted by atomic mass is 16.5. The molecule has 0 aromatic rings. The van der Waals surface area contributed by atoms with Crippen LogP contribution in [0, 0.1) is 0 Å². The molecule has 0 aliphatic heterocycles. The molecule has 90 valence electrons. The molecule has 0 aromatic carbocycles. The molecule has 0 radical (unpaired) electrons. The van der Waals surface area contributed by atoms with E-state index in [4.69, 9.17) is 9.47 Å². The van der Waals surface area contributed by atoms with Crippen LogP contribution in [0.2, 0.25) is 0 Å². The zero-order chi connectivity index (χ0) is 11.8. The second-order valence-electron chi connectivity index (χ2n) is 3.75. The van der Waals surface area contributed by atoms with Crippen molar-refractivity contribution in [3.05, 3.63) is 0 Å². The number of carbonyl (C=O) groups is 1. The molecule has 0 aliphatic carbocycles. The van der Waals surface area contributed by atoms with Crippen LogP contribution in [0.4, 0.5) is 0 Å². The van der Waals surface area contributed by atoms with Crippen LogP contribution in [0.3, 0.4) is 0 Å². The second-order valence-corrected chi connectivity index (χ2v) is 3.75. The zero-order valence-corrected chi connectivity index (χ0v) is 10.4. The molecule has 0 saturated heterocycles. The molecule has 0 saturated carbocycles. The smallest absolute Gasteiger partial charge is 0.323 e. The van der Waals surface area contributed by atoms with Gasteiger partial charge in [0.05, 0.1) is 13.2 Å². The van der Waals surface area contributed by atoms with E-state index < -0.39 is 0 Å². The van der Waals surface area contributed by atoms with Crippen LogP contribution in [-0.4, -0.2) is 49.8 Å². The first kappa shape index (κ1) is 14.4. The third kappa shape index (κ3) is 5.14. The van der Waals surface area contributed by atoms with Crippen molar-refractivity contribution in [2.45, 2.75) is 39.8 Å². The fourth-order valence-electron chi connectivity index (χ4n) is 1.49. The maximum absolute atomic E-state index is 11.5. The van der Waals surface area contributed by atoms with Crippen molar-refractivity contribution >= 4 is 5.97 Å². The zero-order valence-electron chi connectivity index (χ0n) is 10.4. The summed E-state index contributed by atoms with van der Waals surface area (Å²) >= 11 is 0. The van der Waals surface area contributed by atoms with Crippen molar-refractivity contribution < 1.29 is 14.3 Å². The van der Waals surface area contributed by atoms with E-state index >= 15 is 0 Å². The van der Waals surface area contributed by atoms with E-state index in [9.17, 15) is 4.79 Å². The summed E-state index contributed by atoms with van der Waals surface area (Å²) in [5.41, 5.74) is 0. The standard InChI is InChI=1S/C11H23NO3/c1-6-15-11(13)10(4)12(9(2)3)7-8-14-5/h9-10H,6-8H2,1-5H3. The molecule has 0 heterocycles. The molecular weight excluding hydrogens is 194 g/mol. The predicted octanol–water partition coefficient (Wildman–Crippen LogP) is 1.29. The summed E-state index contributed by atoms with van der Waals surface area (Å²) in [5, 5.41) is 0. The normalized spacial score (nSPS) is 13.3. The average molecular weight is 217 g/mol. The lowest BCUT2D eigenvalue weighted by Gasteiger charge is -2.30. The number of rotatable bonds is 7. The second kappa shape index (κ2) is 7.65. The van der Waals surface area contributed by atoms with Crippen LogP contribution in [0.5, 0.6) is 0 Å². The SMILES string of the molecule is CCOC(=O)C(C)N(CCOC)C(C)C. The number of carbonyl (C=O) groups excluding carboxylic acids is 1. The van der Waals surface area contributed by atoms with Crippen molar-refractivity contribution in [2.24, 2.45) is 0 Å². The lowest BCUT2D eigenvalue weighted by molar-refractivity contribution is -0.149. The van der Waals surface area contributed by atoms with Crippen molar-refractivity contribution in [3.63, 3.8) is 0 Å². The molecule has 0 N–H and O–H groups in total. The van der Waals surface area contributed by atoms with Crippen molar-refractivity contribution in [3.8, 4) is 0 Å². The van der Waals surface area contributed by atoms with Gasteiger partial charge in [-0.25, -0.2) is 0 Å². The quantitative estimate of drug-likeness (QED) is 0.602. The van der Waals surface area contributed by atoms with Gasteiger partial charge in [-0.15, -0.1) is 0 Å². The van der Waals surface area contributed by atoms with E-state index in [0.29, 0.717) is 19.3 Å². The summed E-state index contributed by atoms with van der Waals surface area (Å²) in [7, 11) is 1.66. The number of esters is 1. The summed E-state index contributed by atoms with van der Waals surface area (Å²) in [4.78, 5) is 13.6. The van der Waals surface area contributed by atoms with Gasteiger partial charge in [-0.1, -0.05) is 0 Å². The Morgan fingerprint density at radius 1 is 1.33 bits per heavy atom. The maximum Gasteiger partial charge on any atom is 0.323 e. The predicted molar refractivity (Wildman–Crippen MR) is 59.8 cm³/mol. The minimum absolute atomic E-state index is 0.165. The first-order chi connectivity index (χ1) is 7.04. The maximum atomic E-state index is 11.5. The molecule has 0 spiro atoms. The lowest BCUT2D eigenvalue weighted by atomic mass is 10.2. The minimum atomic E-state index is -0.208. The van der Waals surface area contributed by atoms with Crippen LogP contribution < -0.4 is 0 Å². The topological polar surface area (TPSA) is 38.8 Å². The summed E-state index contributed by atoms with van der Waals surface area (Å²) in [6.45, 7) is 9.61. The molecule has 1 atom stereocenters. The van der Waals surface area contributed by atoms with Gasteiger partial charge in [-0.2, -0.15) is 0 Å². The van der Waals surface area contributed by atoms with Gasteiger partial charge in [-0.3, -0.25) is 9.69 Å². The Balaban J connectivity index is 4.27. The molecule has 4 heteroatoms. The molecule has 0 rings (SSSR count). The van der Waals surface area contributed by atoms with Crippen LogP contribution in [0.15, 0.2) is 0 Å². The highest BCUT2D eigenvalue weighted by Crippen LogP contribution is 2.06. The Morgan fingerprint density at radius 3 is 2.33 bits per heavy atom. The van der Waals surface area contributed by atoms with E-state index in [2.05, 4.69) is 18.7 Å². The van der Waals surface area contributed by atoms with Crippen molar-refractivity contribution in [2.75, 3.05) is 26.9 Å². The third-order valence-electron chi connectivity index (χ3n) is 2.34. The van der Waals surface area contributed by atoms with Gasteiger partial charge in [0, 0.05) is 19.7 Å². The molecule has 0 amide bonds. The number of methoxy groups -OCH3 is 1. The summed E-state index contributed by atoms with van der Waals surface area (Å²) in [6, 6.07) is 0.0969. The summed E-state index contributed by atoms with van der Waals surface area (Å²) in [6.07, 6.45) is 0. The van der Waals surface area contributed by atoms with E-state index in [1.807, 2.05) is 13.8 Å². The fraction of sp³-hybridized carbons (Fsp3) is 0.909. The Kier molecular flexibility index (Phi) is 7.34. The highest BCUT2D eigenvalue weighted by molar-refractivity contribution is 5.75. The monoisotopic (exact) mass is 217 g/mol. The van der Waals surface area contributed by atoms with E-state index in [0.717, 1.165) is 6.54 Å². The van der Waals surface area contributed by atoms with Gasteiger partial charge >= 0.3 is 5.97 Å². The van der Waals surface area contributed by atoms with E-state index in [1.165, 1.54) is 0 Å². The molecular formula is C11H23NO3. The van der Waals surface area contributed by atoms with Crippen molar-refractivity contribution in [1.29, 1.82) is 0 Å². The van der Waals surface area contributed by atoms with Crippen LogP contribution in [0.25, 0.3) is 0 Å². The molecule has 0 fully saturated rings. The van der Waals surface area contributed by atoms with Crippen LogP contribution in [-0.2, 0) is 14.3 Å². The molecule has 0 aliphatic rings. The van der Waals surface area contributed by atoms with E-state index in [1.54, 1.807) is 7.11 Å². The largest absolute Gasteiger partial charge is 0.465 e. The Labute approximate surface area is 92.5 Å². The Hall–Kier alpha value is -0.610. The number of ether oxygens (including phenoxy) is 2. The number of hydrogen-bond acceptors (Lipinski definition) is 4. The summed E-state index contributed by atoms with van der Waals surface area (Å²) < 4.78 is 10.0. The van der Waals surface area contributed by atoms with Gasteiger partial charge < -0.3 is 9.47 Å². The summed E-state index contributed by atoms with van der Waals surface area (Å²) in [5.74, 6) is -0.165. The molecule has 15 heavy (non-hydrogen) atoms. The third-order valence-corrected chi connectivity index (χ3v) is 2.34. The van der Waals surface area contributed by atoms with Gasteiger partial charge in [0.2, 0.25) is 0 Å². The average Bonchev–Trinajstić information content (AvgIpc) is 2.18.